The Morgan fingerprint density at radius 2 is 1.23 bits per heavy atom. The van der Waals surface area contributed by atoms with Crippen LogP contribution in [0.15, 0.2) is 0 Å². The van der Waals surface area contributed by atoms with Crippen LogP contribution >= 0.6 is 0 Å². The van der Waals surface area contributed by atoms with Crippen molar-refractivity contribution in [2.75, 3.05) is 46.2 Å². The van der Waals surface area contributed by atoms with Gasteiger partial charge < -0.3 is 19.3 Å². The summed E-state index contributed by atoms with van der Waals surface area (Å²) < 4.78 is 16.0. The number of unbranched alkanes of at least 4 members (excludes halogenated alkanes) is 4. The van der Waals surface area contributed by atoms with Crippen molar-refractivity contribution in [2.45, 2.75) is 65.2 Å². The van der Waals surface area contributed by atoms with Gasteiger partial charge in [-0.05, 0) is 12.3 Å². The molecule has 4 nitrogen and oxygen atoms in total. The van der Waals surface area contributed by atoms with Crippen molar-refractivity contribution < 1.29 is 19.3 Å². The molecule has 1 atom stereocenters. The van der Waals surface area contributed by atoms with Gasteiger partial charge in [-0.15, -0.1) is 0 Å². The second-order valence-electron chi connectivity index (χ2n) is 6.01. The third-order valence-corrected chi connectivity index (χ3v) is 3.77. The molecule has 0 fully saturated rings. The van der Waals surface area contributed by atoms with E-state index in [1.54, 1.807) is 0 Å². The van der Waals surface area contributed by atoms with Crippen molar-refractivity contribution in [1.29, 1.82) is 0 Å². The second-order valence-corrected chi connectivity index (χ2v) is 6.01. The van der Waals surface area contributed by atoms with Gasteiger partial charge in [0.25, 0.3) is 0 Å². The Morgan fingerprint density at radius 1 is 0.682 bits per heavy atom. The molecule has 0 spiro atoms. The van der Waals surface area contributed by atoms with E-state index in [4.69, 9.17) is 19.3 Å². The first-order valence-electron chi connectivity index (χ1n) is 9.15. The fourth-order valence-electron chi connectivity index (χ4n) is 2.37. The Hall–Kier alpha value is -0.160. The van der Waals surface area contributed by atoms with Gasteiger partial charge in [0.05, 0.1) is 39.6 Å². The second kappa shape index (κ2) is 18.9. The van der Waals surface area contributed by atoms with Crippen molar-refractivity contribution >= 4 is 0 Å². The van der Waals surface area contributed by atoms with Crippen LogP contribution in [0.5, 0.6) is 0 Å². The Bertz CT molecular complexity index is 200. The van der Waals surface area contributed by atoms with Crippen LogP contribution in [0.1, 0.15) is 65.2 Å². The number of aliphatic hydroxyl groups excluding tert-OH is 1. The summed E-state index contributed by atoms with van der Waals surface area (Å²) in [6.45, 7) is 8.33. The highest BCUT2D eigenvalue weighted by atomic mass is 16.5. The summed E-state index contributed by atoms with van der Waals surface area (Å²) in [6, 6.07) is 0. The van der Waals surface area contributed by atoms with Gasteiger partial charge in [0.15, 0.2) is 0 Å². The summed E-state index contributed by atoms with van der Waals surface area (Å²) in [7, 11) is 0. The molecule has 0 rings (SSSR count). The average molecular weight is 318 g/mol. The molecule has 22 heavy (non-hydrogen) atoms. The van der Waals surface area contributed by atoms with Gasteiger partial charge in [-0.1, -0.05) is 58.8 Å². The molecule has 0 aromatic heterocycles. The van der Waals surface area contributed by atoms with E-state index >= 15 is 0 Å². The monoisotopic (exact) mass is 318 g/mol. The molecule has 0 aliphatic heterocycles. The number of aliphatic hydroxyl groups is 1. The number of hydrogen-bond donors (Lipinski definition) is 1. The Kier molecular flexibility index (Phi) is 18.8. The molecule has 0 radical (unpaired) electrons. The first-order chi connectivity index (χ1) is 10.8. The van der Waals surface area contributed by atoms with Crippen LogP contribution in [0.4, 0.5) is 0 Å². The number of ether oxygens (including phenoxy) is 3. The number of rotatable bonds is 18. The lowest BCUT2D eigenvalue weighted by Gasteiger charge is -2.10. The van der Waals surface area contributed by atoms with Gasteiger partial charge in [0.1, 0.15) is 0 Å². The fraction of sp³-hybridized carbons (Fsp3) is 1.00. The van der Waals surface area contributed by atoms with Crippen molar-refractivity contribution in [1.82, 2.24) is 0 Å². The SMILES string of the molecule is CCCCCC(C)CCCCCOCCOCCOCCO. The summed E-state index contributed by atoms with van der Waals surface area (Å²) in [6.07, 6.45) is 10.6. The van der Waals surface area contributed by atoms with E-state index in [0.717, 1.165) is 18.9 Å². The zero-order chi connectivity index (χ0) is 16.3. The van der Waals surface area contributed by atoms with Crippen molar-refractivity contribution in [3.63, 3.8) is 0 Å². The molecular formula is C18H38O4. The molecule has 0 saturated carbocycles. The van der Waals surface area contributed by atoms with E-state index in [0.29, 0.717) is 33.0 Å². The van der Waals surface area contributed by atoms with E-state index in [1.165, 1.54) is 44.9 Å². The van der Waals surface area contributed by atoms with Gasteiger partial charge in [-0.2, -0.15) is 0 Å². The maximum atomic E-state index is 8.52. The van der Waals surface area contributed by atoms with Gasteiger partial charge >= 0.3 is 0 Å². The highest BCUT2D eigenvalue weighted by Crippen LogP contribution is 2.16. The summed E-state index contributed by atoms with van der Waals surface area (Å²) in [4.78, 5) is 0. The predicted octanol–water partition coefficient (Wildman–Crippen LogP) is 3.81. The molecular weight excluding hydrogens is 280 g/mol. The van der Waals surface area contributed by atoms with Crippen molar-refractivity contribution in [3.05, 3.63) is 0 Å². The summed E-state index contributed by atoms with van der Waals surface area (Å²) in [5.74, 6) is 0.883. The molecule has 1 N–H and O–H groups in total. The Labute approximate surface area is 137 Å². The molecule has 0 saturated heterocycles. The molecule has 1 unspecified atom stereocenters. The lowest BCUT2D eigenvalue weighted by Crippen LogP contribution is -2.11. The standard InChI is InChI=1S/C18H38O4/c1-3-4-6-9-18(2)10-7-5-8-12-20-14-16-22-17-15-21-13-11-19/h18-19H,3-17H2,1-2H3. The quantitative estimate of drug-likeness (QED) is 0.390. The van der Waals surface area contributed by atoms with Crippen LogP contribution in [-0.4, -0.2) is 51.4 Å². The first-order valence-corrected chi connectivity index (χ1v) is 9.15. The van der Waals surface area contributed by atoms with Crippen LogP contribution in [0.2, 0.25) is 0 Å². The Balaban J connectivity index is 3.05. The summed E-state index contributed by atoms with van der Waals surface area (Å²) >= 11 is 0. The van der Waals surface area contributed by atoms with Gasteiger partial charge in [0, 0.05) is 6.61 Å². The van der Waals surface area contributed by atoms with Crippen molar-refractivity contribution in [2.24, 2.45) is 5.92 Å². The van der Waals surface area contributed by atoms with E-state index in [1.807, 2.05) is 0 Å². The molecule has 0 amide bonds. The average Bonchev–Trinajstić information content (AvgIpc) is 2.52. The van der Waals surface area contributed by atoms with Crippen molar-refractivity contribution in [3.8, 4) is 0 Å². The van der Waals surface area contributed by atoms with Crippen LogP contribution in [0.25, 0.3) is 0 Å². The normalized spacial score (nSPS) is 12.7. The first kappa shape index (κ1) is 21.8. The molecule has 4 heteroatoms. The van der Waals surface area contributed by atoms with Gasteiger partial charge in [-0.25, -0.2) is 0 Å². The smallest absolute Gasteiger partial charge is 0.0701 e. The van der Waals surface area contributed by atoms with E-state index in [2.05, 4.69) is 13.8 Å². The molecule has 0 bridgehead atoms. The van der Waals surface area contributed by atoms with E-state index in [9.17, 15) is 0 Å². The zero-order valence-corrected chi connectivity index (χ0v) is 14.9. The largest absolute Gasteiger partial charge is 0.394 e. The van der Waals surface area contributed by atoms with Crippen LogP contribution in [0.3, 0.4) is 0 Å². The van der Waals surface area contributed by atoms with Gasteiger partial charge in [0.2, 0.25) is 0 Å². The lowest BCUT2D eigenvalue weighted by molar-refractivity contribution is 0.00717. The van der Waals surface area contributed by atoms with E-state index < -0.39 is 0 Å². The molecule has 0 aromatic rings. The summed E-state index contributed by atoms with van der Waals surface area (Å²) in [5.41, 5.74) is 0. The topological polar surface area (TPSA) is 47.9 Å². The molecule has 0 heterocycles. The lowest BCUT2D eigenvalue weighted by atomic mass is 9.97. The minimum Gasteiger partial charge on any atom is -0.394 e. The molecule has 0 aliphatic carbocycles. The minimum absolute atomic E-state index is 0.0701. The predicted molar refractivity (Wildman–Crippen MR) is 91.3 cm³/mol. The van der Waals surface area contributed by atoms with Crippen LogP contribution in [-0.2, 0) is 14.2 Å². The van der Waals surface area contributed by atoms with E-state index in [-0.39, 0.29) is 6.61 Å². The highest BCUT2D eigenvalue weighted by Gasteiger charge is 2.01. The molecule has 0 aliphatic rings. The Morgan fingerprint density at radius 3 is 1.82 bits per heavy atom. The van der Waals surface area contributed by atoms with Crippen LogP contribution < -0.4 is 0 Å². The highest BCUT2D eigenvalue weighted by molar-refractivity contribution is 4.54. The van der Waals surface area contributed by atoms with Crippen LogP contribution in [0, 0.1) is 5.92 Å². The van der Waals surface area contributed by atoms with Gasteiger partial charge in [-0.3, -0.25) is 0 Å². The maximum absolute atomic E-state index is 8.52. The third kappa shape index (κ3) is 17.9. The molecule has 134 valence electrons. The third-order valence-electron chi connectivity index (χ3n) is 3.77. The maximum Gasteiger partial charge on any atom is 0.0701 e. The zero-order valence-electron chi connectivity index (χ0n) is 14.9. The minimum atomic E-state index is 0.0701. The fourth-order valence-corrected chi connectivity index (χ4v) is 2.37. The molecule has 0 aromatic carbocycles. The number of hydrogen-bond acceptors (Lipinski definition) is 4. The summed E-state index contributed by atoms with van der Waals surface area (Å²) in [5, 5.41) is 8.52.